The van der Waals surface area contributed by atoms with Crippen molar-refractivity contribution in [3.8, 4) is 0 Å². The van der Waals surface area contributed by atoms with E-state index in [4.69, 9.17) is 0 Å². The van der Waals surface area contributed by atoms with E-state index >= 15 is 0 Å². The Labute approximate surface area is 101 Å². The summed E-state index contributed by atoms with van der Waals surface area (Å²) in [5.74, 6) is 0.202. The monoisotopic (exact) mass is 235 g/mol. The summed E-state index contributed by atoms with van der Waals surface area (Å²) in [6.07, 6.45) is 5.55. The fraction of sp³-hybridized carbons (Fsp3) is 0.462. The van der Waals surface area contributed by atoms with Crippen LogP contribution in [0, 0.1) is 0 Å². The van der Waals surface area contributed by atoms with Crippen molar-refractivity contribution in [1.29, 1.82) is 0 Å². The smallest absolute Gasteiger partial charge is 0.249 e. The van der Waals surface area contributed by atoms with Crippen molar-refractivity contribution in [3.05, 3.63) is 28.0 Å². The normalized spacial score (nSPS) is 17.6. The van der Waals surface area contributed by atoms with Crippen LogP contribution in [-0.4, -0.2) is 23.9 Å². The van der Waals surface area contributed by atoms with Gasteiger partial charge >= 0.3 is 0 Å². The van der Waals surface area contributed by atoms with Crippen molar-refractivity contribution in [2.75, 3.05) is 13.1 Å². The van der Waals surface area contributed by atoms with E-state index in [-0.39, 0.29) is 5.91 Å². The lowest BCUT2D eigenvalue weighted by atomic mass is 10.1. The Hall–Kier alpha value is -1.09. The number of amides is 1. The topological polar surface area (TPSA) is 20.3 Å². The van der Waals surface area contributed by atoms with Crippen LogP contribution in [0.25, 0.3) is 6.08 Å². The third kappa shape index (κ3) is 2.73. The number of rotatable bonds is 2. The summed E-state index contributed by atoms with van der Waals surface area (Å²) in [6, 6.07) is 4.05. The highest BCUT2D eigenvalue weighted by atomic mass is 32.1. The summed E-state index contributed by atoms with van der Waals surface area (Å²) in [6.45, 7) is 3.76. The second-order valence-corrected chi connectivity index (χ2v) is 5.17. The summed E-state index contributed by atoms with van der Waals surface area (Å²) in [7, 11) is 0. The van der Waals surface area contributed by atoms with Crippen molar-refractivity contribution in [2.45, 2.75) is 26.2 Å². The van der Waals surface area contributed by atoms with Crippen LogP contribution in [-0.2, 0) is 4.79 Å². The zero-order chi connectivity index (χ0) is 11.4. The summed E-state index contributed by atoms with van der Waals surface area (Å²) in [5, 5.41) is 2.03. The molecule has 1 amide bonds. The molecule has 1 aromatic heterocycles. The third-order valence-electron chi connectivity index (χ3n) is 2.88. The second-order valence-electron chi connectivity index (χ2n) is 4.20. The summed E-state index contributed by atoms with van der Waals surface area (Å²) < 4.78 is 0. The molecule has 3 heteroatoms. The van der Waals surface area contributed by atoms with E-state index in [1.807, 2.05) is 35.4 Å². The van der Waals surface area contributed by atoms with Gasteiger partial charge in [0.15, 0.2) is 0 Å². The van der Waals surface area contributed by atoms with Gasteiger partial charge in [0.1, 0.15) is 0 Å². The van der Waals surface area contributed by atoms with Crippen molar-refractivity contribution in [2.24, 2.45) is 0 Å². The fourth-order valence-electron chi connectivity index (χ4n) is 1.99. The van der Waals surface area contributed by atoms with Gasteiger partial charge < -0.3 is 4.90 Å². The van der Waals surface area contributed by atoms with Crippen LogP contribution < -0.4 is 0 Å². The number of carbonyl (C=O) groups is 1. The minimum absolute atomic E-state index is 0.202. The highest BCUT2D eigenvalue weighted by Gasteiger charge is 2.17. The molecular weight excluding hydrogens is 218 g/mol. The van der Waals surface area contributed by atoms with E-state index in [0.29, 0.717) is 0 Å². The van der Waals surface area contributed by atoms with E-state index in [9.17, 15) is 4.79 Å². The molecule has 1 aliphatic heterocycles. The standard InChI is InChI=1S/C13H17NOS/c1-11(10-12-6-5-9-16-12)13(15)14-7-3-2-4-8-14/h5-6,9-10H,2-4,7-8H2,1H3/b11-10+. The molecule has 2 nitrogen and oxygen atoms in total. The zero-order valence-corrected chi connectivity index (χ0v) is 10.4. The molecule has 0 spiro atoms. The lowest BCUT2D eigenvalue weighted by molar-refractivity contribution is -0.127. The maximum Gasteiger partial charge on any atom is 0.249 e. The van der Waals surface area contributed by atoms with Crippen LogP contribution in [0.4, 0.5) is 0 Å². The van der Waals surface area contributed by atoms with Gasteiger partial charge in [0, 0.05) is 23.5 Å². The summed E-state index contributed by atoms with van der Waals surface area (Å²) in [5.41, 5.74) is 0.851. The zero-order valence-electron chi connectivity index (χ0n) is 9.61. The van der Waals surface area contributed by atoms with E-state index in [0.717, 1.165) is 36.4 Å². The molecule has 0 aliphatic carbocycles. The van der Waals surface area contributed by atoms with Crippen molar-refractivity contribution < 1.29 is 4.79 Å². The first-order valence-electron chi connectivity index (χ1n) is 5.78. The van der Waals surface area contributed by atoms with Crippen molar-refractivity contribution >= 4 is 23.3 Å². The molecule has 1 aliphatic rings. The predicted octanol–water partition coefficient (Wildman–Crippen LogP) is 3.16. The average Bonchev–Trinajstić information content (AvgIpc) is 2.82. The van der Waals surface area contributed by atoms with E-state index in [2.05, 4.69) is 0 Å². The molecule has 2 heterocycles. The molecule has 2 rings (SSSR count). The van der Waals surface area contributed by atoms with Gasteiger partial charge in [0.25, 0.3) is 0 Å². The van der Waals surface area contributed by atoms with Crippen LogP contribution in [0.15, 0.2) is 23.1 Å². The van der Waals surface area contributed by atoms with Crippen LogP contribution in [0.3, 0.4) is 0 Å². The Balaban J connectivity index is 2.03. The van der Waals surface area contributed by atoms with Gasteiger partial charge in [0.05, 0.1) is 0 Å². The number of carbonyl (C=O) groups excluding carboxylic acids is 1. The van der Waals surface area contributed by atoms with E-state index in [1.54, 1.807) is 11.3 Å². The highest BCUT2D eigenvalue weighted by molar-refractivity contribution is 7.10. The Morgan fingerprint density at radius 2 is 2.12 bits per heavy atom. The van der Waals surface area contributed by atoms with E-state index in [1.165, 1.54) is 6.42 Å². The molecular formula is C13H17NOS. The second kappa shape index (κ2) is 5.30. The van der Waals surface area contributed by atoms with Crippen LogP contribution in [0.2, 0.25) is 0 Å². The molecule has 16 heavy (non-hydrogen) atoms. The summed E-state index contributed by atoms with van der Waals surface area (Å²) in [4.78, 5) is 15.2. The molecule has 0 aromatic carbocycles. The Morgan fingerprint density at radius 3 is 2.75 bits per heavy atom. The fourth-order valence-corrected chi connectivity index (χ4v) is 2.71. The van der Waals surface area contributed by atoms with Gasteiger partial charge in [0.2, 0.25) is 5.91 Å². The first kappa shape index (κ1) is 11.4. The van der Waals surface area contributed by atoms with Gasteiger partial charge in [-0.05, 0) is 43.7 Å². The molecule has 0 atom stereocenters. The minimum atomic E-state index is 0.202. The average molecular weight is 235 g/mol. The van der Waals surface area contributed by atoms with Gasteiger partial charge in [-0.25, -0.2) is 0 Å². The molecule has 1 fully saturated rings. The molecule has 0 saturated carbocycles. The van der Waals surface area contributed by atoms with Gasteiger partial charge in [-0.1, -0.05) is 6.07 Å². The Morgan fingerprint density at radius 1 is 1.38 bits per heavy atom. The quantitative estimate of drug-likeness (QED) is 0.721. The minimum Gasteiger partial charge on any atom is -0.339 e. The first-order valence-corrected chi connectivity index (χ1v) is 6.66. The number of hydrogen-bond donors (Lipinski definition) is 0. The first-order chi connectivity index (χ1) is 7.77. The maximum atomic E-state index is 12.1. The van der Waals surface area contributed by atoms with Crippen molar-refractivity contribution in [1.82, 2.24) is 4.90 Å². The largest absolute Gasteiger partial charge is 0.339 e. The molecule has 1 aromatic rings. The number of nitrogens with zero attached hydrogens (tertiary/aromatic N) is 1. The van der Waals surface area contributed by atoms with Gasteiger partial charge in [-0.2, -0.15) is 0 Å². The van der Waals surface area contributed by atoms with E-state index < -0.39 is 0 Å². The SMILES string of the molecule is C/C(=C\c1cccs1)C(=O)N1CCCCC1. The lowest BCUT2D eigenvalue weighted by Crippen LogP contribution is -2.35. The van der Waals surface area contributed by atoms with Crippen LogP contribution in [0.5, 0.6) is 0 Å². The lowest BCUT2D eigenvalue weighted by Gasteiger charge is -2.26. The Bertz CT molecular complexity index is 375. The van der Waals surface area contributed by atoms with Gasteiger partial charge in [-0.3, -0.25) is 4.79 Å². The van der Waals surface area contributed by atoms with Gasteiger partial charge in [-0.15, -0.1) is 11.3 Å². The molecule has 0 radical (unpaired) electrons. The third-order valence-corrected chi connectivity index (χ3v) is 3.70. The molecule has 0 bridgehead atoms. The number of hydrogen-bond acceptors (Lipinski definition) is 2. The maximum absolute atomic E-state index is 12.1. The summed E-state index contributed by atoms with van der Waals surface area (Å²) >= 11 is 1.67. The van der Waals surface area contributed by atoms with Crippen LogP contribution in [0.1, 0.15) is 31.1 Å². The molecule has 0 N–H and O–H groups in total. The van der Waals surface area contributed by atoms with Crippen molar-refractivity contribution in [3.63, 3.8) is 0 Å². The highest BCUT2D eigenvalue weighted by Crippen LogP contribution is 2.16. The van der Waals surface area contributed by atoms with Crippen LogP contribution >= 0.6 is 11.3 Å². The number of thiophene rings is 1. The predicted molar refractivity (Wildman–Crippen MR) is 68.4 cm³/mol. The molecule has 86 valence electrons. The molecule has 0 unspecified atom stereocenters. The number of likely N-dealkylation sites (tertiary alicyclic amines) is 1. The Kier molecular flexibility index (Phi) is 3.78. The molecule has 1 saturated heterocycles. The number of piperidine rings is 1.